The third kappa shape index (κ3) is 4.61. The van der Waals surface area contributed by atoms with Crippen LogP contribution in [0.4, 0.5) is 13.2 Å². The maximum absolute atomic E-state index is 12.9. The van der Waals surface area contributed by atoms with Gasteiger partial charge in [-0.25, -0.2) is 9.57 Å². The fourth-order valence-electron chi connectivity index (χ4n) is 2.05. The van der Waals surface area contributed by atoms with Crippen LogP contribution in [0.5, 0.6) is 0 Å². The second-order valence-electron chi connectivity index (χ2n) is 4.97. The van der Waals surface area contributed by atoms with Gasteiger partial charge in [-0.05, 0) is 0 Å². The lowest BCUT2D eigenvalue weighted by molar-refractivity contribution is -0.276. The zero-order chi connectivity index (χ0) is 17.1. The molecule has 10 heteroatoms. The van der Waals surface area contributed by atoms with Gasteiger partial charge in [0, 0.05) is 25.3 Å². The third-order valence-corrected chi connectivity index (χ3v) is 4.37. The normalized spacial score (nSPS) is 30.5. The highest BCUT2D eigenvalue weighted by molar-refractivity contribution is 8.14. The Kier molecular flexibility index (Phi) is 6.72. The van der Waals surface area contributed by atoms with Crippen molar-refractivity contribution >= 4 is 23.6 Å². The van der Waals surface area contributed by atoms with Gasteiger partial charge in [-0.2, -0.15) is 13.2 Å². The summed E-state index contributed by atoms with van der Waals surface area (Å²) in [6.45, 7) is 3.37. The lowest BCUT2D eigenvalue weighted by Gasteiger charge is -2.39. The number of methoxy groups -OCH3 is 1. The Labute approximate surface area is 130 Å². The summed E-state index contributed by atoms with van der Waals surface area (Å²) in [6.07, 6.45) is -11.9. The molecule has 0 saturated carbocycles. The zero-order valence-corrected chi connectivity index (χ0v) is 13.3. The molecule has 0 aliphatic carbocycles. The molecule has 0 spiro atoms. The Hall–Kier alpha value is -0.770. The molecular weight excluding hydrogens is 325 g/mol. The fraction of sp³-hybridized carbons (Fsp3) is 0.833. The largest absolute Gasteiger partial charge is 0.417 e. The van der Waals surface area contributed by atoms with Gasteiger partial charge < -0.3 is 19.7 Å². The molecule has 1 saturated heterocycles. The van der Waals surface area contributed by atoms with Crippen molar-refractivity contribution in [3.05, 3.63) is 0 Å². The molecule has 6 nitrogen and oxygen atoms in total. The van der Waals surface area contributed by atoms with Crippen LogP contribution < -0.4 is 4.67 Å². The summed E-state index contributed by atoms with van der Waals surface area (Å²) >= 11 is 1.02. The molecule has 0 aromatic carbocycles. The van der Waals surface area contributed by atoms with Gasteiger partial charge in [0.25, 0.3) is 0 Å². The summed E-state index contributed by atoms with van der Waals surface area (Å²) in [5, 5.41) is 20.0. The van der Waals surface area contributed by atoms with Crippen molar-refractivity contribution in [2.24, 2.45) is 0 Å². The van der Waals surface area contributed by atoms with Gasteiger partial charge in [-0.3, -0.25) is 0 Å². The first-order chi connectivity index (χ1) is 10.1. The second-order valence-corrected chi connectivity index (χ2v) is 6.10. The van der Waals surface area contributed by atoms with E-state index in [-0.39, 0.29) is 6.42 Å². The SMILES string of the molecule is C=[N+]=C(S[C@@H]1C[C@@H](O)[C@H](O)[C@@H]([C@H](OC)C(F)(F)F)O1)N(C)C. The van der Waals surface area contributed by atoms with Crippen molar-refractivity contribution in [3.8, 4) is 0 Å². The van der Waals surface area contributed by atoms with Gasteiger partial charge in [-0.1, -0.05) is 0 Å². The van der Waals surface area contributed by atoms with Crippen LogP contribution in [0.25, 0.3) is 0 Å². The zero-order valence-electron chi connectivity index (χ0n) is 12.4. The molecule has 0 bridgehead atoms. The molecule has 22 heavy (non-hydrogen) atoms. The van der Waals surface area contributed by atoms with Crippen LogP contribution in [0.15, 0.2) is 0 Å². The van der Waals surface area contributed by atoms with Gasteiger partial charge in [0.2, 0.25) is 0 Å². The predicted molar refractivity (Wildman–Crippen MR) is 77.7 cm³/mol. The lowest BCUT2D eigenvalue weighted by atomic mass is 9.97. The molecule has 1 aliphatic heterocycles. The highest BCUT2D eigenvalue weighted by Crippen LogP contribution is 2.35. The number of aliphatic hydroxyl groups excluding tert-OH is 2. The van der Waals surface area contributed by atoms with Crippen LogP contribution in [0.3, 0.4) is 0 Å². The molecule has 0 unspecified atom stereocenters. The molecule has 1 heterocycles. The van der Waals surface area contributed by atoms with Crippen LogP contribution >= 0.6 is 11.8 Å². The highest BCUT2D eigenvalue weighted by Gasteiger charge is 2.53. The van der Waals surface area contributed by atoms with E-state index in [1.807, 2.05) is 0 Å². The standard InChI is InChI=1S/C12H20F3N2O4S/c1-16-11(17(2)3)22-7-5-6(18)8(19)9(21-7)10(20-4)12(13,14)15/h6-10,18-19H,1,5H2,2-4H3/q+1/t6-,7-,8+,9+,10+/m1/s1. The molecule has 0 aromatic heterocycles. The third-order valence-electron chi connectivity index (χ3n) is 3.10. The minimum absolute atomic E-state index is 0.0382. The second kappa shape index (κ2) is 7.67. The van der Waals surface area contributed by atoms with Gasteiger partial charge in [0.05, 0.1) is 20.2 Å². The smallest absolute Gasteiger partial charge is 0.390 e. The van der Waals surface area contributed by atoms with Crippen LogP contribution in [-0.2, 0) is 9.47 Å². The number of alkyl halides is 3. The fourth-order valence-corrected chi connectivity index (χ4v) is 3.05. The van der Waals surface area contributed by atoms with Gasteiger partial charge >= 0.3 is 11.3 Å². The summed E-state index contributed by atoms with van der Waals surface area (Å²) in [5.74, 6) is 0. The number of hydrogen-bond donors (Lipinski definition) is 2. The number of ether oxygens (including phenoxy) is 2. The van der Waals surface area contributed by atoms with Gasteiger partial charge in [0.1, 0.15) is 17.6 Å². The average Bonchev–Trinajstić information content (AvgIpc) is 2.39. The lowest BCUT2D eigenvalue weighted by Crippen LogP contribution is -2.57. The molecule has 128 valence electrons. The predicted octanol–water partition coefficient (Wildman–Crippen LogP) is -0.181. The molecule has 1 aliphatic rings. The minimum atomic E-state index is -4.72. The molecule has 2 N–H and O–H groups in total. The summed E-state index contributed by atoms with van der Waals surface area (Å²) in [6, 6.07) is 0. The Morgan fingerprint density at radius 2 is 2.05 bits per heavy atom. The maximum atomic E-state index is 12.9. The summed E-state index contributed by atoms with van der Waals surface area (Å²) < 4.78 is 52.3. The Morgan fingerprint density at radius 1 is 1.45 bits per heavy atom. The number of aliphatic hydroxyl groups is 2. The summed E-state index contributed by atoms with van der Waals surface area (Å²) in [5.41, 5.74) is -0.814. The molecule has 0 amide bonds. The Balaban J connectivity index is 2.92. The Bertz CT molecular complexity index is 429. The van der Waals surface area contributed by atoms with E-state index in [4.69, 9.17) is 4.74 Å². The van der Waals surface area contributed by atoms with Gasteiger partial charge in [-0.15, -0.1) is 0 Å². The van der Waals surface area contributed by atoms with E-state index in [1.54, 1.807) is 19.0 Å². The minimum Gasteiger partial charge on any atom is -0.390 e. The van der Waals surface area contributed by atoms with E-state index in [0.29, 0.717) is 5.17 Å². The number of halogens is 3. The molecule has 1 fully saturated rings. The topological polar surface area (TPSA) is 76.3 Å². The van der Waals surface area contributed by atoms with E-state index < -0.39 is 36.0 Å². The summed E-state index contributed by atoms with van der Waals surface area (Å²) in [4.78, 5) is 1.62. The molecule has 1 rings (SSSR count). The maximum Gasteiger partial charge on any atom is 0.417 e. The van der Waals surface area contributed by atoms with E-state index in [9.17, 15) is 23.4 Å². The van der Waals surface area contributed by atoms with Crippen LogP contribution in [0.2, 0.25) is 0 Å². The average molecular weight is 345 g/mol. The first-order valence-corrected chi connectivity index (χ1v) is 7.28. The van der Waals surface area contributed by atoms with Crippen molar-refractivity contribution in [2.45, 2.75) is 42.4 Å². The first-order valence-electron chi connectivity index (χ1n) is 6.40. The molecular formula is C12H20F3N2O4S+. The Morgan fingerprint density at radius 3 is 2.45 bits per heavy atom. The number of rotatable bonds is 3. The number of hydrogen-bond acceptors (Lipinski definition) is 5. The molecule has 5 atom stereocenters. The van der Waals surface area contributed by atoms with Gasteiger partial charge in [0.15, 0.2) is 12.8 Å². The van der Waals surface area contributed by atoms with Crippen molar-refractivity contribution in [2.75, 3.05) is 21.2 Å². The summed E-state index contributed by atoms with van der Waals surface area (Å²) in [7, 11) is 4.26. The van der Waals surface area contributed by atoms with Crippen LogP contribution in [0, 0.1) is 0 Å². The quantitative estimate of drug-likeness (QED) is 0.420. The van der Waals surface area contributed by atoms with E-state index in [1.165, 1.54) is 0 Å². The van der Waals surface area contributed by atoms with Crippen molar-refractivity contribution in [1.82, 2.24) is 9.57 Å². The monoisotopic (exact) mass is 345 g/mol. The van der Waals surface area contributed by atoms with E-state index in [0.717, 1.165) is 18.9 Å². The van der Waals surface area contributed by atoms with Crippen molar-refractivity contribution in [3.63, 3.8) is 0 Å². The number of amidine groups is 1. The highest BCUT2D eigenvalue weighted by atomic mass is 32.2. The number of thioether (sulfide) groups is 1. The van der Waals surface area contributed by atoms with Crippen molar-refractivity contribution in [1.29, 1.82) is 0 Å². The molecule has 0 aromatic rings. The van der Waals surface area contributed by atoms with Crippen LogP contribution in [-0.4, -0.2) is 84.2 Å². The van der Waals surface area contributed by atoms with E-state index >= 15 is 0 Å². The number of nitrogens with zero attached hydrogens (tertiary/aromatic N) is 2. The van der Waals surface area contributed by atoms with Crippen molar-refractivity contribution < 1.29 is 32.9 Å². The first kappa shape index (κ1) is 19.3. The molecule has 0 radical (unpaired) electrons. The van der Waals surface area contributed by atoms with Crippen LogP contribution in [0.1, 0.15) is 6.42 Å². The van der Waals surface area contributed by atoms with E-state index in [2.05, 4.69) is 16.1 Å².